The normalized spacial score (nSPS) is 16.2. The SMILES string of the molecule is C[C@@H](Nc1ccnc2cnc(C3(O)CCN(C(=O)CC#N)CC3)cc12)c1cccc(C(F)F)c1F. The number of aliphatic hydroxyl groups is 1. The van der Waals surface area contributed by atoms with Gasteiger partial charge in [-0.1, -0.05) is 18.2 Å². The van der Waals surface area contributed by atoms with Gasteiger partial charge in [-0.25, -0.2) is 13.2 Å². The predicted octanol–water partition coefficient (Wildman–Crippen LogP) is 4.60. The number of piperidine rings is 1. The zero-order valence-electron chi connectivity index (χ0n) is 19.0. The Hall–Kier alpha value is -3.71. The summed E-state index contributed by atoms with van der Waals surface area (Å²) in [6.45, 7) is 2.26. The molecule has 1 saturated heterocycles. The van der Waals surface area contributed by atoms with Crippen molar-refractivity contribution in [2.24, 2.45) is 0 Å². The molecule has 182 valence electrons. The van der Waals surface area contributed by atoms with Gasteiger partial charge in [0.25, 0.3) is 6.43 Å². The molecule has 35 heavy (non-hydrogen) atoms. The van der Waals surface area contributed by atoms with E-state index in [-0.39, 0.29) is 30.7 Å². The van der Waals surface area contributed by atoms with E-state index in [1.807, 2.05) is 6.07 Å². The minimum atomic E-state index is -2.92. The molecular formula is C25H24F3N5O2. The van der Waals surface area contributed by atoms with Crippen LogP contribution in [0.2, 0.25) is 0 Å². The molecule has 0 saturated carbocycles. The lowest BCUT2D eigenvalue weighted by Gasteiger charge is -2.37. The monoisotopic (exact) mass is 483 g/mol. The van der Waals surface area contributed by atoms with E-state index in [1.165, 1.54) is 18.3 Å². The fraction of sp³-hybridized carbons (Fsp3) is 0.360. The van der Waals surface area contributed by atoms with Crippen LogP contribution in [0.4, 0.5) is 18.9 Å². The molecule has 1 aliphatic rings. The largest absolute Gasteiger partial charge is 0.383 e. The van der Waals surface area contributed by atoms with Gasteiger partial charge < -0.3 is 15.3 Å². The van der Waals surface area contributed by atoms with E-state index in [0.29, 0.717) is 35.4 Å². The Morgan fingerprint density at radius 3 is 2.66 bits per heavy atom. The Kier molecular flexibility index (Phi) is 6.89. The molecule has 2 N–H and O–H groups in total. The third-order valence-corrected chi connectivity index (χ3v) is 6.41. The summed E-state index contributed by atoms with van der Waals surface area (Å²) in [6, 6.07) is 8.52. The topological polar surface area (TPSA) is 102 Å². The fourth-order valence-electron chi connectivity index (χ4n) is 4.37. The summed E-state index contributed by atoms with van der Waals surface area (Å²) >= 11 is 0. The van der Waals surface area contributed by atoms with Crippen molar-refractivity contribution in [3.8, 4) is 6.07 Å². The van der Waals surface area contributed by atoms with E-state index >= 15 is 0 Å². The lowest BCUT2D eigenvalue weighted by Crippen LogP contribution is -2.45. The molecule has 3 aromatic rings. The molecule has 1 aliphatic heterocycles. The number of nitrogens with one attached hydrogen (secondary N) is 1. The molecule has 1 amide bonds. The zero-order chi connectivity index (χ0) is 25.2. The number of carbonyl (C=O) groups is 1. The molecule has 1 atom stereocenters. The zero-order valence-corrected chi connectivity index (χ0v) is 19.0. The lowest BCUT2D eigenvalue weighted by atomic mass is 9.87. The summed E-state index contributed by atoms with van der Waals surface area (Å²) in [4.78, 5) is 22.2. The second-order valence-corrected chi connectivity index (χ2v) is 8.61. The van der Waals surface area contributed by atoms with Crippen LogP contribution in [0, 0.1) is 17.1 Å². The predicted molar refractivity (Wildman–Crippen MR) is 123 cm³/mol. The number of nitriles is 1. The number of pyridine rings is 2. The van der Waals surface area contributed by atoms with Crippen molar-refractivity contribution in [2.75, 3.05) is 18.4 Å². The van der Waals surface area contributed by atoms with Gasteiger partial charge >= 0.3 is 0 Å². The van der Waals surface area contributed by atoms with E-state index in [0.717, 1.165) is 6.07 Å². The summed E-state index contributed by atoms with van der Waals surface area (Å²) in [7, 11) is 0. The molecule has 1 fully saturated rings. The van der Waals surface area contributed by atoms with Crippen LogP contribution in [-0.2, 0) is 10.4 Å². The van der Waals surface area contributed by atoms with Crippen LogP contribution in [0.5, 0.6) is 0 Å². The summed E-state index contributed by atoms with van der Waals surface area (Å²) in [5.41, 5.74) is -0.282. The van der Waals surface area contributed by atoms with E-state index in [2.05, 4.69) is 15.3 Å². The number of amides is 1. The molecule has 1 aromatic carbocycles. The van der Waals surface area contributed by atoms with Crippen LogP contribution in [0.15, 0.2) is 42.7 Å². The lowest BCUT2D eigenvalue weighted by molar-refractivity contribution is -0.134. The van der Waals surface area contributed by atoms with Crippen molar-refractivity contribution in [1.82, 2.24) is 14.9 Å². The van der Waals surface area contributed by atoms with Crippen molar-refractivity contribution in [3.63, 3.8) is 0 Å². The number of aromatic nitrogens is 2. The highest BCUT2D eigenvalue weighted by Crippen LogP contribution is 2.35. The maximum absolute atomic E-state index is 14.7. The number of likely N-dealkylation sites (tertiary alicyclic amines) is 1. The summed E-state index contributed by atoms with van der Waals surface area (Å²) in [5.74, 6) is -1.22. The molecule has 10 heteroatoms. The van der Waals surface area contributed by atoms with Gasteiger partial charge in [-0.2, -0.15) is 5.26 Å². The smallest absolute Gasteiger partial charge is 0.266 e. The molecule has 0 spiro atoms. The van der Waals surface area contributed by atoms with Crippen molar-refractivity contribution in [3.05, 3.63) is 65.4 Å². The van der Waals surface area contributed by atoms with Gasteiger partial charge in [-0.05, 0) is 31.9 Å². The first-order chi connectivity index (χ1) is 16.7. The molecule has 0 unspecified atom stereocenters. The molecule has 7 nitrogen and oxygen atoms in total. The van der Waals surface area contributed by atoms with Crippen molar-refractivity contribution >= 4 is 22.5 Å². The third-order valence-electron chi connectivity index (χ3n) is 6.41. The number of anilines is 1. The second-order valence-electron chi connectivity index (χ2n) is 8.61. The Morgan fingerprint density at radius 2 is 1.97 bits per heavy atom. The Labute approximate surface area is 200 Å². The van der Waals surface area contributed by atoms with Crippen molar-refractivity contribution < 1.29 is 23.1 Å². The van der Waals surface area contributed by atoms with Crippen LogP contribution in [0.25, 0.3) is 10.9 Å². The minimum absolute atomic E-state index is 0.107. The number of fused-ring (bicyclic) bond motifs is 1. The highest BCUT2D eigenvalue weighted by atomic mass is 19.3. The average Bonchev–Trinajstić information content (AvgIpc) is 2.84. The highest BCUT2D eigenvalue weighted by Gasteiger charge is 2.36. The van der Waals surface area contributed by atoms with Gasteiger partial charge in [0.05, 0.1) is 35.1 Å². The molecule has 0 radical (unpaired) electrons. The van der Waals surface area contributed by atoms with Gasteiger partial charge in [0.1, 0.15) is 17.8 Å². The first kappa shape index (κ1) is 24.4. The van der Waals surface area contributed by atoms with E-state index in [9.17, 15) is 23.1 Å². The summed E-state index contributed by atoms with van der Waals surface area (Å²) < 4.78 is 40.9. The number of rotatable bonds is 6. The van der Waals surface area contributed by atoms with Crippen molar-refractivity contribution in [2.45, 2.75) is 44.3 Å². The second kappa shape index (κ2) is 9.88. The Bertz CT molecular complexity index is 1290. The number of halogens is 3. The number of alkyl halides is 2. The fourth-order valence-corrected chi connectivity index (χ4v) is 4.37. The standard InChI is InChI=1S/C25H24F3N5O2/c1-15(16-3-2-4-17(23(16)26)24(27)28)32-19-6-10-30-20-14-31-21(13-18(19)20)25(35)7-11-33(12-8-25)22(34)5-9-29/h2-4,6,10,13-15,24,35H,5,7-8,11-12H2,1H3,(H,30,32)/t15-/m1/s1. The molecular weight excluding hydrogens is 459 g/mol. The van der Waals surface area contributed by atoms with Crippen LogP contribution in [0.1, 0.15) is 55.5 Å². The first-order valence-corrected chi connectivity index (χ1v) is 11.2. The third kappa shape index (κ3) is 4.91. The Morgan fingerprint density at radius 1 is 1.26 bits per heavy atom. The molecule has 3 heterocycles. The number of hydrogen-bond acceptors (Lipinski definition) is 6. The maximum atomic E-state index is 14.7. The molecule has 4 rings (SSSR count). The molecule has 2 aromatic heterocycles. The minimum Gasteiger partial charge on any atom is -0.383 e. The summed E-state index contributed by atoms with van der Waals surface area (Å²) in [5, 5.41) is 23.8. The van der Waals surface area contributed by atoms with Crippen LogP contribution in [-0.4, -0.2) is 39.0 Å². The average molecular weight is 483 g/mol. The van der Waals surface area contributed by atoms with Gasteiger partial charge in [-0.15, -0.1) is 0 Å². The molecule has 0 bridgehead atoms. The van der Waals surface area contributed by atoms with Gasteiger partial charge in [-0.3, -0.25) is 14.8 Å². The number of carbonyl (C=O) groups excluding carboxylic acids is 1. The van der Waals surface area contributed by atoms with E-state index in [1.54, 1.807) is 30.2 Å². The summed E-state index contributed by atoms with van der Waals surface area (Å²) in [6.07, 6.45) is 0.482. The van der Waals surface area contributed by atoms with Gasteiger partial charge in [0.15, 0.2) is 0 Å². The van der Waals surface area contributed by atoms with E-state index in [4.69, 9.17) is 5.26 Å². The highest BCUT2D eigenvalue weighted by molar-refractivity contribution is 5.91. The number of nitrogens with zero attached hydrogens (tertiary/aromatic N) is 4. The van der Waals surface area contributed by atoms with Gasteiger partial charge in [0, 0.05) is 35.9 Å². The van der Waals surface area contributed by atoms with Crippen LogP contribution < -0.4 is 5.32 Å². The maximum Gasteiger partial charge on any atom is 0.266 e. The first-order valence-electron chi connectivity index (χ1n) is 11.2. The van der Waals surface area contributed by atoms with Crippen LogP contribution >= 0.6 is 0 Å². The number of hydrogen-bond donors (Lipinski definition) is 2. The molecule has 0 aliphatic carbocycles. The number of benzene rings is 1. The van der Waals surface area contributed by atoms with Gasteiger partial charge in [0.2, 0.25) is 5.91 Å². The Balaban J connectivity index is 1.61. The quantitative estimate of drug-likeness (QED) is 0.531. The van der Waals surface area contributed by atoms with E-state index < -0.39 is 29.4 Å². The van der Waals surface area contributed by atoms with Crippen molar-refractivity contribution in [1.29, 1.82) is 5.26 Å². The van der Waals surface area contributed by atoms with Crippen LogP contribution in [0.3, 0.4) is 0 Å².